The summed E-state index contributed by atoms with van der Waals surface area (Å²) in [6, 6.07) is 1.98. The van der Waals surface area contributed by atoms with Crippen LogP contribution in [0.15, 0.2) is 18.5 Å². The van der Waals surface area contributed by atoms with Crippen LogP contribution in [0.25, 0.3) is 5.52 Å². The topological polar surface area (TPSA) is 60.7 Å². The lowest BCUT2D eigenvalue weighted by molar-refractivity contribution is -0.0914. The standard InChI is InChI=1S/C11H16N4O2/c1-8-6-9-11(12-4-5-15(9)14-8)13-7-10(16-2)17-3/h4-6,10H,7H2,1-3H3,(H,12,13). The van der Waals surface area contributed by atoms with E-state index in [1.54, 1.807) is 24.9 Å². The number of aromatic nitrogens is 3. The molecule has 0 spiro atoms. The average Bonchev–Trinajstić information content (AvgIpc) is 2.71. The quantitative estimate of drug-likeness (QED) is 0.787. The largest absolute Gasteiger partial charge is 0.363 e. The Kier molecular flexibility index (Phi) is 3.55. The van der Waals surface area contributed by atoms with E-state index in [2.05, 4.69) is 15.4 Å². The lowest BCUT2D eigenvalue weighted by Gasteiger charge is -2.14. The van der Waals surface area contributed by atoms with Gasteiger partial charge in [0.25, 0.3) is 0 Å². The first-order chi connectivity index (χ1) is 8.24. The van der Waals surface area contributed by atoms with Crippen LogP contribution in [0.1, 0.15) is 5.69 Å². The molecule has 0 saturated carbocycles. The Morgan fingerprint density at radius 3 is 2.88 bits per heavy atom. The zero-order chi connectivity index (χ0) is 12.3. The van der Waals surface area contributed by atoms with Crippen molar-refractivity contribution >= 4 is 11.3 Å². The van der Waals surface area contributed by atoms with Crippen LogP contribution < -0.4 is 5.32 Å². The minimum atomic E-state index is -0.291. The maximum Gasteiger partial charge on any atom is 0.173 e. The summed E-state index contributed by atoms with van der Waals surface area (Å²) in [5.41, 5.74) is 1.90. The molecule has 2 aromatic heterocycles. The second-order valence-electron chi connectivity index (χ2n) is 3.67. The van der Waals surface area contributed by atoms with Crippen LogP contribution in [0.4, 0.5) is 5.82 Å². The van der Waals surface area contributed by atoms with Crippen molar-refractivity contribution in [3.8, 4) is 0 Å². The van der Waals surface area contributed by atoms with E-state index in [1.807, 2.05) is 19.2 Å². The van der Waals surface area contributed by atoms with Gasteiger partial charge in [0.2, 0.25) is 0 Å². The zero-order valence-corrected chi connectivity index (χ0v) is 10.2. The SMILES string of the molecule is COC(CNc1nccn2nc(C)cc12)OC. The second-order valence-corrected chi connectivity index (χ2v) is 3.67. The summed E-state index contributed by atoms with van der Waals surface area (Å²) in [7, 11) is 3.21. The molecule has 0 bridgehead atoms. The molecule has 0 atom stereocenters. The van der Waals surface area contributed by atoms with Gasteiger partial charge in [-0.15, -0.1) is 0 Å². The number of ether oxygens (including phenoxy) is 2. The van der Waals surface area contributed by atoms with Crippen LogP contribution in [-0.4, -0.2) is 41.7 Å². The van der Waals surface area contributed by atoms with Crippen molar-refractivity contribution in [1.82, 2.24) is 14.6 Å². The number of anilines is 1. The summed E-state index contributed by atoms with van der Waals surface area (Å²) in [5.74, 6) is 0.771. The van der Waals surface area contributed by atoms with Crippen molar-refractivity contribution in [3.63, 3.8) is 0 Å². The normalized spacial score (nSPS) is 11.3. The third kappa shape index (κ3) is 2.54. The molecule has 2 rings (SSSR count). The fraction of sp³-hybridized carbons (Fsp3) is 0.455. The maximum absolute atomic E-state index is 5.10. The fourth-order valence-electron chi connectivity index (χ4n) is 1.62. The van der Waals surface area contributed by atoms with Gasteiger partial charge >= 0.3 is 0 Å². The Morgan fingerprint density at radius 1 is 1.41 bits per heavy atom. The molecule has 0 amide bonds. The highest BCUT2D eigenvalue weighted by Crippen LogP contribution is 2.14. The Hall–Kier alpha value is -1.66. The smallest absolute Gasteiger partial charge is 0.173 e. The molecule has 0 fully saturated rings. The van der Waals surface area contributed by atoms with Crippen molar-refractivity contribution in [2.75, 3.05) is 26.1 Å². The minimum absolute atomic E-state index is 0.291. The first kappa shape index (κ1) is 11.8. The highest BCUT2D eigenvalue weighted by molar-refractivity contribution is 5.67. The van der Waals surface area contributed by atoms with Crippen LogP contribution in [0.5, 0.6) is 0 Å². The number of aryl methyl sites for hydroxylation is 1. The lowest BCUT2D eigenvalue weighted by Crippen LogP contribution is -2.24. The molecule has 0 aliphatic heterocycles. The van der Waals surface area contributed by atoms with Gasteiger partial charge in [-0.1, -0.05) is 0 Å². The van der Waals surface area contributed by atoms with Gasteiger partial charge in [-0.2, -0.15) is 5.10 Å². The molecule has 92 valence electrons. The maximum atomic E-state index is 5.10. The lowest BCUT2D eigenvalue weighted by atomic mass is 10.4. The number of fused-ring (bicyclic) bond motifs is 1. The van der Waals surface area contributed by atoms with E-state index in [1.165, 1.54) is 0 Å². The Morgan fingerprint density at radius 2 is 2.18 bits per heavy atom. The molecule has 1 N–H and O–H groups in total. The highest BCUT2D eigenvalue weighted by Gasteiger charge is 2.08. The van der Waals surface area contributed by atoms with Gasteiger partial charge in [0.05, 0.1) is 12.2 Å². The van der Waals surface area contributed by atoms with Gasteiger partial charge in [-0.25, -0.2) is 9.50 Å². The molecule has 0 aliphatic rings. The summed E-state index contributed by atoms with van der Waals surface area (Å²) in [5, 5.41) is 7.50. The van der Waals surface area contributed by atoms with Gasteiger partial charge in [0.1, 0.15) is 5.52 Å². The van der Waals surface area contributed by atoms with Crippen molar-refractivity contribution in [1.29, 1.82) is 0 Å². The first-order valence-electron chi connectivity index (χ1n) is 5.35. The van der Waals surface area contributed by atoms with Crippen molar-refractivity contribution < 1.29 is 9.47 Å². The molecule has 6 heteroatoms. The summed E-state index contributed by atoms with van der Waals surface area (Å²) in [4.78, 5) is 4.28. The van der Waals surface area contributed by atoms with Crippen LogP contribution in [-0.2, 0) is 9.47 Å². The van der Waals surface area contributed by atoms with E-state index in [9.17, 15) is 0 Å². The van der Waals surface area contributed by atoms with Crippen molar-refractivity contribution in [3.05, 3.63) is 24.2 Å². The molecule has 0 aromatic carbocycles. The predicted molar refractivity (Wildman–Crippen MR) is 64.0 cm³/mol. The van der Waals surface area contributed by atoms with Crippen molar-refractivity contribution in [2.24, 2.45) is 0 Å². The number of rotatable bonds is 5. The molecule has 0 radical (unpaired) electrons. The van der Waals surface area contributed by atoms with Crippen LogP contribution >= 0.6 is 0 Å². The molecule has 0 saturated heterocycles. The minimum Gasteiger partial charge on any atom is -0.363 e. The van der Waals surface area contributed by atoms with Gasteiger partial charge < -0.3 is 14.8 Å². The van der Waals surface area contributed by atoms with Crippen LogP contribution in [0, 0.1) is 6.92 Å². The van der Waals surface area contributed by atoms with Gasteiger partial charge in [0, 0.05) is 26.6 Å². The Bertz CT molecular complexity index is 493. The predicted octanol–water partition coefficient (Wildman–Crippen LogP) is 1.07. The molecule has 0 unspecified atom stereocenters. The molecular weight excluding hydrogens is 220 g/mol. The Labute approximate surface area is 99.6 Å². The molecule has 0 aliphatic carbocycles. The van der Waals surface area contributed by atoms with E-state index in [-0.39, 0.29) is 6.29 Å². The van der Waals surface area contributed by atoms with E-state index >= 15 is 0 Å². The fourth-order valence-corrected chi connectivity index (χ4v) is 1.62. The molecule has 2 heterocycles. The summed E-state index contributed by atoms with van der Waals surface area (Å²) in [6.07, 6.45) is 3.23. The van der Waals surface area contributed by atoms with Gasteiger partial charge in [0.15, 0.2) is 12.1 Å². The zero-order valence-electron chi connectivity index (χ0n) is 10.2. The van der Waals surface area contributed by atoms with Crippen molar-refractivity contribution in [2.45, 2.75) is 13.2 Å². The van der Waals surface area contributed by atoms with E-state index < -0.39 is 0 Å². The summed E-state index contributed by atoms with van der Waals surface area (Å²) >= 11 is 0. The summed E-state index contributed by atoms with van der Waals surface area (Å²) in [6.45, 7) is 2.48. The summed E-state index contributed by atoms with van der Waals surface area (Å²) < 4.78 is 12.0. The van der Waals surface area contributed by atoms with E-state index in [0.717, 1.165) is 17.0 Å². The Balaban J connectivity index is 2.18. The van der Waals surface area contributed by atoms with Gasteiger partial charge in [-0.05, 0) is 13.0 Å². The monoisotopic (exact) mass is 236 g/mol. The van der Waals surface area contributed by atoms with Crippen LogP contribution in [0.2, 0.25) is 0 Å². The number of nitrogens with zero attached hydrogens (tertiary/aromatic N) is 3. The van der Waals surface area contributed by atoms with E-state index in [0.29, 0.717) is 6.54 Å². The molecule has 17 heavy (non-hydrogen) atoms. The van der Waals surface area contributed by atoms with E-state index in [4.69, 9.17) is 9.47 Å². The number of hydrogen-bond acceptors (Lipinski definition) is 5. The molecule has 6 nitrogen and oxygen atoms in total. The number of nitrogens with one attached hydrogen (secondary N) is 1. The first-order valence-corrected chi connectivity index (χ1v) is 5.35. The second kappa shape index (κ2) is 5.11. The van der Waals surface area contributed by atoms with Gasteiger partial charge in [-0.3, -0.25) is 0 Å². The third-order valence-corrected chi connectivity index (χ3v) is 2.47. The number of hydrogen-bond donors (Lipinski definition) is 1. The highest BCUT2D eigenvalue weighted by atomic mass is 16.7. The van der Waals surface area contributed by atoms with Crippen LogP contribution in [0.3, 0.4) is 0 Å². The third-order valence-electron chi connectivity index (χ3n) is 2.47. The number of methoxy groups -OCH3 is 2. The molecular formula is C11H16N4O2. The average molecular weight is 236 g/mol. The molecule has 2 aromatic rings.